The highest BCUT2D eigenvalue weighted by atomic mass is 35.5. The van der Waals surface area contributed by atoms with E-state index in [4.69, 9.17) is 16.3 Å². The zero-order chi connectivity index (χ0) is 12.4. The maximum atomic E-state index is 12.2. The molecule has 0 aliphatic carbocycles. The number of aromatic nitrogens is 1. The zero-order valence-electron chi connectivity index (χ0n) is 9.85. The van der Waals surface area contributed by atoms with E-state index in [1.165, 1.54) is 11.3 Å². The summed E-state index contributed by atoms with van der Waals surface area (Å²) >= 11 is 7.22. The maximum Gasteiger partial charge on any atom is 0.265 e. The van der Waals surface area contributed by atoms with Crippen LogP contribution in [-0.2, 0) is 4.74 Å². The molecule has 0 spiro atoms. The number of hydrogen-bond donors (Lipinski definition) is 0. The molecule has 1 amide bonds. The lowest BCUT2D eigenvalue weighted by molar-refractivity contribution is -0.0569. The van der Waals surface area contributed by atoms with Crippen molar-refractivity contribution in [2.75, 3.05) is 19.0 Å². The molecule has 6 heteroatoms. The second kappa shape index (κ2) is 5.33. The van der Waals surface area contributed by atoms with Crippen LogP contribution in [0.3, 0.4) is 0 Å². The summed E-state index contributed by atoms with van der Waals surface area (Å²) in [5.41, 5.74) is 0. The van der Waals surface area contributed by atoms with Crippen LogP contribution in [0, 0.1) is 6.92 Å². The highest BCUT2D eigenvalue weighted by Gasteiger charge is 2.29. The van der Waals surface area contributed by atoms with Gasteiger partial charge in [-0.3, -0.25) is 4.79 Å². The van der Waals surface area contributed by atoms with E-state index in [0.717, 1.165) is 5.01 Å². The molecule has 0 saturated carbocycles. The minimum atomic E-state index is -0.0709. The molecule has 4 nitrogen and oxygen atoms in total. The van der Waals surface area contributed by atoms with Crippen molar-refractivity contribution in [3.8, 4) is 0 Å². The molecule has 0 aromatic carbocycles. The molecule has 1 fully saturated rings. The van der Waals surface area contributed by atoms with Gasteiger partial charge in [0, 0.05) is 13.1 Å². The van der Waals surface area contributed by atoms with Gasteiger partial charge in [0.25, 0.3) is 5.91 Å². The monoisotopic (exact) mass is 274 g/mol. The van der Waals surface area contributed by atoms with E-state index in [2.05, 4.69) is 4.98 Å². The molecule has 0 N–H and O–H groups in total. The van der Waals surface area contributed by atoms with Crippen LogP contribution in [0.1, 0.15) is 21.6 Å². The number of hydrogen-bond acceptors (Lipinski definition) is 4. The fraction of sp³-hybridized carbons (Fsp3) is 0.636. The van der Waals surface area contributed by atoms with Crippen LogP contribution in [0.25, 0.3) is 0 Å². The Bertz CT molecular complexity index is 410. The van der Waals surface area contributed by atoms with Gasteiger partial charge < -0.3 is 9.64 Å². The lowest BCUT2D eigenvalue weighted by atomic mass is 10.2. The second-order valence-electron chi connectivity index (χ2n) is 4.18. The molecule has 94 valence electrons. The number of carbonyl (C=O) groups is 1. The average molecular weight is 275 g/mol. The van der Waals surface area contributed by atoms with Gasteiger partial charge in [-0.15, -0.1) is 22.9 Å². The predicted octanol–water partition coefficient (Wildman–Crippen LogP) is 1.92. The Kier molecular flexibility index (Phi) is 4.01. The standard InChI is InChI=1S/C11H15ClN2O2S/c1-7-5-14(6-9(3-12)16-7)11(15)10-4-13-8(2)17-10/h4,7,9H,3,5-6H2,1-2H3. The van der Waals surface area contributed by atoms with Crippen LogP contribution < -0.4 is 0 Å². The van der Waals surface area contributed by atoms with Gasteiger partial charge in [0.15, 0.2) is 0 Å². The van der Waals surface area contributed by atoms with Crippen molar-refractivity contribution in [3.05, 3.63) is 16.1 Å². The number of halogens is 1. The Labute approximate surface area is 110 Å². The van der Waals surface area contributed by atoms with E-state index in [0.29, 0.717) is 23.8 Å². The number of carbonyl (C=O) groups excluding carboxylic acids is 1. The molecular weight excluding hydrogens is 260 g/mol. The van der Waals surface area contributed by atoms with Crippen molar-refractivity contribution in [2.45, 2.75) is 26.1 Å². The molecule has 1 saturated heterocycles. The Morgan fingerprint density at radius 3 is 3.06 bits per heavy atom. The van der Waals surface area contributed by atoms with Crippen molar-refractivity contribution >= 4 is 28.8 Å². The molecule has 17 heavy (non-hydrogen) atoms. The number of ether oxygens (including phenoxy) is 1. The number of morpholine rings is 1. The Balaban J connectivity index is 2.08. The molecular formula is C11H15ClN2O2S. The molecule has 2 unspecified atom stereocenters. The molecule has 0 radical (unpaired) electrons. The lowest BCUT2D eigenvalue weighted by Crippen LogP contribution is -2.49. The molecule has 0 bridgehead atoms. The van der Waals surface area contributed by atoms with Crippen molar-refractivity contribution in [2.24, 2.45) is 0 Å². The summed E-state index contributed by atoms with van der Waals surface area (Å²) in [5, 5.41) is 0.906. The summed E-state index contributed by atoms with van der Waals surface area (Å²) in [5.74, 6) is 0.441. The second-order valence-corrected chi connectivity index (χ2v) is 5.72. The first-order valence-electron chi connectivity index (χ1n) is 5.53. The predicted molar refractivity (Wildman–Crippen MR) is 67.8 cm³/mol. The van der Waals surface area contributed by atoms with E-state index in [9.17, 15) is 4.79 Å². The lowest BCUT2D eigenvalue weighted by Gasteiger charge is -2.35. The zero-order valence-corrected chi connectivity index (χ0v) is 11.4. The molecule has 1 aliphatic rings. The van der Waals surface area contributed by atoms with Gasteiger partial charge in [0.2, 0.25) is 0 Å². The van der Waals surface area contributed by atoms with Gasteiger partial charge in [-0.2, -0.15) is 0 Å². The van der Waals surface area contributed by atoms with Gasteiger partial charge in [0.05, 0.1) is 29.3 Å². The van der Waals surface area contributed by atoms with E-state index in [1.807, 2.05) is 13.8 Å². The van der Waals surface area contributed by atoms with E-state index >= 15 is 0 Å². The summed E-state index contributed by atoms with van der Waals surface area (Å²) in [4.78, 5) is 18.8. The minimum Gasteiger partial charge on any atom is -0.370 e. The fourth-order valence-electron chi connectivity index (χ4n) is 1.91. The maximum absolute atomic E-state index is 12.2. The minimum absolute atomic E-state index is 0.0286. The number of nitrogens with zero attached hydrogens (tertiary/aromatic N) is 2. The van der Waals surface area contributed by atoms with Crippen molar-refractivity contribution in [3.63, 3.8) is 0 Å². The number of thiazole rings is 1. The molecule has 1 aromatic heterocycles. The van der Waals surface area contributed by atoms with Gasteiger partial charge >= 0.3 is 0 Å². The topological polar surface area (TPSA) is 42.4 Å². The smallest absolute Gasteiger partial charge is 0.265 e. The summed E-state index contributed by atoms with van der Waals surface area (Å²) < 4.78 is 5.62. The first-order chi connectivity index (χ1) is 8.10. The summed E-state index contributed by atoms with van der Waals surface area (Å²) in [6.07, 6.45) is 1.60. The Morgan fingerprint density at radius 1 is 1.71 bits per heavy atom. The number of alkyl halides is 1. The molecule has 2 atom stereocenters. The molecule has 1 aromatic rings. The van der Waals surface area contributed by atoms with E-state index in [1.54, 1.807) is 11.1 Å². The van der Waals surface area contributed by atoms with Crippen LogP contribution >= 0.6 is 22.9 Å². The van der Waals surface area contributed by atoms with Gasteiger partial charge in [0.1, 0.15) is 4.88 Å². The number of rotatable bonds is 2. The normalized spacial score (nSPS) is 25.0. The fourth-order valence-corrected chi connectivity index (χ4v) is 2.83. The SMILES string of the molecule is Cc1ncc(C(=O)N2CC(C)OC(CCl)C2)s1. The van der Waals surface area contributed by atoms with Crippen LogP contribution in [0.5, 0.6) is 0 Å². The number of amides is 1. The van der Waals surface area contributed by atoms with Crippen LogP contribution in [-0.4, -0.2) is 47.0 Å². The first kappa shape index (κ1) is 12.8. The third kappa shape index (κ3) is 2.97. The van der Waals surface area contributed by atoms with Crippen molar-refractivity contribution in [1.82, 2.24) is 9.88 Å². The quantitative estimate of drug-likeness (QED) is 0.774. The Morgan fingerprint density at radius 2 is 2.47 bits per heavy atom. The molecule has 2 heterocycles. The number of aryl methyl sites for hydroxylation is 1. The van der Waals surface area contributed by atoms with Gasteiger partial charge in [-0.25, -0.2) is 4.98 Å². The largest absolute Gasteiger partial charge is 0.370 e. The highest BCUT2D eigenvalue weighted by Crippen LogP contribution is 2.18. The molecule has 2 rings (SSSR count). The van der Waals surface area contributed by atoms with Crippen LogP contribution in [0.2, 0.25) is 0 Å². The van der Waals surface area contributed by atoms with Crippen LogP contribution in [0.4, 0.5) is 0 Å². The third-order valence-corrected chi connectivity index (χ3v) is 3.86. The Hall–Kier alpha value is -0.650. The molecule has 1 aliphatic heterocycles. The highest BCUT2D eigenvalue weighted by molar-refractivity contribution is 7.13. The van der Waals surface area contributed by atoms with E-state index < -0.39 is 0 Å². The average Bonchev–Trinajstić information content (AvgIpc) is 2.74. The van der Waals surface area contributed by atoms with Crippen molar-refractivity contribution < 1.29 is 9.53 Å². The first-order valence-corrected chi connectivity index (χ1v) is 6.88. The van der Waals surface area contributed by atoms with Gasteiger partial charge in [-0.05, 0) is 13.8 Å². The summed E-state index contributed by atoms with van der Waals surface area (Å²) in [6, 6.07) is 0. The summed E-state index contributed by atoms with van der Waals surface area (Å²) in [7, 11) is 0. The van der Waals surface area contributed by atoms with Gasteiger partial charge in [-0.1, -0.05) is 0 Å². The van der Waals surface area contributed by atoms with E-state index in [-0.39, 0.29) is 18.1 Å². The van der Waals surface area contributed by atoms with Crippen molar-refractivity contribution in [1.29, 1.82) is 0 Å². The van der Waals surface area contributed by atoms with Crippen LogP contribution in [0.15, 0.2) is 6.20 Å². The summed E-state index contributed by atoms with van der Waals surface area (Å²) in [6.45, 7) is 5.02. The third-order valence-electron chi connectivity index (χ3n) is 2.62.